The number of carbonyl (C=O) groups is 1. The highest BCUT2D eigenvalue weighted by Gasteiger charge is 2.36. The lowest BCUT2D eigenvalue weighted by atomic mass is 9.99. The molecular weight excluding hydrogens is 276 g/mol. The Hall–Kier alpha value is -2.36. The van der Waals surface area contributed by atoms with Crippen LogP contribution >= 0.6 is 0 Å². The Morgan fingerprint density at radius 1 is 1.18 bits per heavy atom. The molecule has 2 atom stereocenters. The van der Waals surface area contributed by atoms with Gasteiger partial charge >= 0.3 is 0 Å². The molecule has 2 aliphatic carbocycles. The maximum Gasteiger partial charge on any atom is 0.275 e. The minimum absolute atomic E-state index is 0.00987. The van der Waals surface area contributed by atoms with E-state index in [9.17, 15) is 9.90 Å². The Kier molecular flexibility index (Phi) is 3.10. The number of hydrazone groups is 1. The van der Waals surface area contributed by atoms with Gasteiger partial charge in [0.15, 0.2) is 0 Å². The zero-order valence-corrected chi connectivity index (χ0v) is 12.2. The van der Waals surface area contributed by atoms with E-state index in [4.69, 9.17) is 0 Å². The lowest BCUT2D eigenvalue weighted by molar-refractivity contribution is 0.0953. The topological polar surface area (TPSA) is 61.7 Å². The Balaban J connectivity index is 1.63. The molecule has 0 saturated heterocycles. The largest absolute Gasteiger partial charge is 0.507 e. The first-order chi connectivity index (χ1) is 10.7. The van der Waals surface area contributed by atoms with Gasteiger partial charge in [0.1, 0.15) is 5.75 Å². The summed E-state index contributed by atoms with van der Waals surface area (Å²) in [5, 5.41) is 16.1. The molecule has 2 N–H and O–H groups in total. The molecule has 2 aliphatic rings. The first-order valence-electron chi connectivity index (χ1n) is 7.80. The summed E-state index contributed by atoms with van der Waals surface area (Å²) in [7, 11) is 0. The van der Waals surface area contributed by atoms with Crippen LogP contribution in [-0.4, -0.2) is 16.7 Å². The van der Waals surface area contributed by atoms with Gasteiger partial charge in [0.25, 0.3) is 5.91 Å². The second kappa shape index (κ2) is 5.13. The van der Waals surface area contributed by atoms with Crippen LogP contribution in [0.3, 0.4) is 0 Å². The number of nitrogens with one attached hydrogen (secondary N) is 1. The predicted octanol–water partition coefficient (Wildman–Crippen LogP) is 3.45. The highest BCUT2D eigenvalue weighted by molar-refractivity contribution is 6.09. The van der Waals surface area contributed by atoms with Crippen LogP contribution in [0.2, 0.25) is 0 Å². The van der Waals surface area contributed by atoms with E-state index in [1.807, 2.05) is 30.3 Å². The van der Waals surface area contributed by atoms with Crippen LogP contribution in [0.15, 0.2) is 41.5 Å². The van der Waals surface area contributed by atoms with Crippen LogP contribution in [0.25, 0.3) is 10.8 Å². The number of hydrogen-bond acceptors (Lipinski definition) is 3. The highest BCUT2D eigenvalue weighted by atomic mass is 16.3. The van der Waals surface area contributed by atoms with Gasteiger partial charge in [-0.05, 0) is 54.4 Å². The summed E-state index contributed by atoms with van der Waals surface area (Å²) in [5.41, 5.74) is 4.06. The molecule has 0 aliphatic heterocycles. The van der Waals surface area contributed by atoms with Crippen molar-refractivity contribution in [1.82, 2.24) is 5.43 Å². The van der Waals surface area contributed by atoms with Crippen LogP contribution in [0.5, 0.6) is 5.75 Å². The van der Waals surface area contributed by atoms with E-state index >= 15 is 0 Å². The monoisotopic (exact) mass is 294 g/mol. The number of phenols is 1. The summed E-state index contributed by atoms with van der Waals surface area (Å²) in [4.78, 5) is 12.5. The van der Waals surface area contributed by atoms with Crippen LogP contribution in [0, 0.1) is 11.8 Å². The fourth-order valence-corrected chi connectivity index (χ4v) is 3.84. The third-order valence-electron chi connectivity index (χ3n) is 4.95. The second-order valence-corrected chi connectivity index (χ2v) is 6.31. The van der Waals surface area contributed by atoms with E-state index < -0.39 is 0 Å². The van der Waals surface area contributed by atoms with E-state index in [0.717, 1.165) is 28.8 Å². The minimum Gasteiger partial charge on any atom is -0.507 e. The first-order valence-corrected chi connectivity index (χ1v) is 7.80. The van der Waals surface area contributed by atoms with E-state index in [2.05, 4.69) is 10.5 Å². The van der Waals surface area contributed by atoms with Crippen molar-refractivity contribution in [3.8, 4) is 5.75 Å². The van der Waals surface area contributed by atoms with Crippen molar-refractivity contribution in [3.63, 3.8) is 0 Å². The molecule has 0 unspecified atom stereocenters. The summed E-state index contributed by atoms with van der Waals surface area (Å²) < 4.78 is 0. The van der Waals surface area contributed by atoms with Crippen molar-refractivity contribution in [2.24, 2.45) is 16.9 Å². The third kappa shape index (κ3) is 2.15. The fourth-order valence-electron chi connectivity index (χ4n) is 3.84. The van der Waals surface area contributed by atoms with Gasteiger partial charge in [-0.2, -0.15) is 5.10 Å². The van der Waals surface area contributed by atoms with Gasteiger partial charge < -0.3 is 5.11 Å². The number of phenolic OH excluding ortho intramolecular Hbond substituents is 1. The quantitative estimate of drug-likeness (QED) is 0.833. The summed E-state index contributed by atoms with van der Waals surface area (Å²) in [6, 6.07) is 10.9. The van der Waals surface area contributed by atoms with Gasteiger partial charge in [-0.25, -0.2) is 5.43 Å². The Bertz CT molecular complexity index is 782. The van der Waals surface area contributed by atoms with E-state index in [1.54, 1.807) is 6.07 Å². The number of amides is 1. The lowest BCUT2D eigenvalue weighted by Gasteiger charge is -2.12. The maximum absolute atomic E-state index is 12.5. The summed E-state index contributed by atoms with van der Waals surface area (Å²) >= 11 is 0. The molecule has 0 radical (unpaired) electrons. The Morgan fingerprint density at radius 3 is 2.82 bits per heavy atom. The molecule has 2 fully saturated rings. The van der Waals surface area contributed by atoms with Crippen molar-refractivity contribution in [1.29, 1.82) is 0 Å². The molecule has 1 amide bonds. The molecule has 4 heteroatoms. The van der Waals surface area contributed by atoms with Crippen LogP contribution in [0.1, 0.15) is 36.0 Å². The molecule has 2 aromatic rings. The maximum atomic E-state index is 12.5. The number of fused-ring (bicyclic) bond motifs is 3. The molecule has 4 nitrogen and oxygen atoms in total. The number of aromatic hydroxyl groups is 1. The summed E-state index contributed by atoms with van der Waals surface area (Å²) in [5.74, 6) is 0.951. The minimum atomic E-state index is -0.343. The molecule has 112 valence electrons. The fraction of sp³-hybridized carbons (Fsp3) is 0.333. The first kappa shape index (κ1) is 13.3. The van der Waals surface area contributed by atoms with Crippen LogP contribution < -0.4 is 5.43 Å². The van der Waals surface area contributed by atoms with Gasteiger partial charge in [0, 0.05) is 5.71 Å². The van der Waals surface area contributed by atoms with Crippen molar-refractivity contribution >= 4 is 22.4 Å². The van der Waals surface area contributed by atoms with E-state index in [1.165, 1.54) is 19.3 Å². The van der Waals surface area contributed by atoms with Crippen LogP contribution in [0.4, 0.5) is 0 Å². The van der Waals surface area contributed by atoms with Gasteiger partial charge in [-0.1, -0.05) is 30.3 Å². The smallest absolute Gasteiger partial charge is 0.275 e. The van der Waals surface area contributed by atoms with Crippen LogP contribution in [-0.2, 0) is 0 Å². The number of benzene rings is 2. The summed E-state index contributed by atoms with van der Waals surface area (Å²) in [6.45, 7) is 0. The molecule has 0 spiro atoms. The van der Waals surface area contributed by atoms with Crippen molar-refractivity contribution in [3.05, 3.63) is 42.0 Å². The average molecular weight is 294 g/mol. The number of carbonyl (C=O) groups excluding carboxylic acids is 1. The van der Waals surface area contributed by atoms with Gasteiger partial charge in [-0.15, -0.1) is 0 Å². The molecule has 0 aromatic heterocycles. The molecule has 22 heavy (non-hydrogen) atoms. The molecule has 4 rings (SSSR count). The van der Waals surface area contributed by atoms with Crippen molar-refractivity contribution < 1.29 is 9.90 Å². The SMILES string of the molecule is O=C(N/N=C1/C[C@H]2CC[C@H]1C2)c1c(O)ccc2ccccc12. The van der Waals surface area contributed by atoms with Gasteiger partial charge in [0.2, 0.25) is 0 Å². The average Bonchev–Trinajstić information content (AvgIpc) is 3.15. The third-order valence-corrected chi connectivity index (χ3v) is 4.95. The van der Waals surface area contributed by atoms with Crippen molar-refractivity contribution in [2.75, 3.05) is 0 Å². The predicted molar refractivity (Wildman–Crippen MR) is 86.0 cm³/mol. The lowest BCUT2D eigenvalue weighted by Crippen LogP contribution is -2.22. The van der Waals surface area contributed by atoms with Crippen molar-refractivity contribution in [2.45, 2.75) is 25.7 Å². The number of hydrogen-bond donors (Lipinski definition) is 2. The second-order valence-electron chi connectivity index (χ2n) is 6.31. The highest BCUT2D eigenvalue weighted by Crippen LogP contribution is 2.42. The normalized spacial score (nSPS) is 25.0. The number of rotatable bonds is 2. The molecule has 2 bridgehead atoms. The molecule has 0 heterocycles. The zero-order valence-electron chi connectivity index (χ0n) is 12.2. The van der Waals surface area contributed by atoms with E-state index in [0.29, 0.717) is 11.5 Å². The molecule has 2 aromatic carbocycles. The standard InChI is InChI=1S/C18H18N2O2/c21-16-8-7-12-3-1-2-4-14(12)17(16)18(22)20-19-15-10-11-5-6-13(15)9-11/h1-4,7-8,11,13,21H,5-6,9-10H2,(H,20,22)/b19-15-/t11-,13-/m0/s1. The number of nitrogens with zero attached hydrogens (tertiary/aromatic N) is 1. The summed E-state index contributed by atoms with van der Waals surface area (Å²) in [6.07, 6.45) is 4.71. The Labute approximate surface area is 128 Å². The molecule has 2 saturated carbocycles. The van der Waals surface area contributed by atoms with Gasteiger partial charge in [0.05, 0.1) is 5.56 Å². The Morgan fingerprint density at radius 2 is 2.05 bits per heavy atom. The van der Waals surface area contributed by atoms with Gasteiger partial charge in [-0.3, -0.25) is 4.79 Å². The molecular formula is C18H18N2O2. The zero-order chi connectivity index (χ0) is 15.1. The van der Waals surface area contributed by atoms with E-state index in [-0.39, 0.29) is 11.7 Å².